The van der Waals surface area contributed by atoms with Crippen molar-refractivity contribution in [3.8, 4) is 0 Å². The van der Waals surface area contributed by atoms with Crippen LogP contribution in [0.3, 0.4) is 0 Å². The van der Waals surface area contributed by atoms with E-state index in [1.807, 2.05) is 20.8 Å². The molecule has 1 heterocycles. The molecule has 0 radical (unpaired) electrons. The first-order valence-electron chi connectivity index (χ1n) is 4.65. The maximum atomic E-state index is 4.39. The second-order valence-corrected chi connectivity index (χ2v) is 2.60. The van der Waals surface area contributed by atoms with Crippen molar-refractivity contribution in [2.75, 3.05) is 0 Å². The number of aromatic nitrogens is 2. The molecule has 0 fully saturated rings. The SMILES string of the molecule is CC.CCc1nc(C)n(C)c1C. The molecule has 0 atom stereocenters. The molecule has 0 unspecified atom stereocenters. The number of hydrogen-bond acceptors (Lipinski definition) is 1. The fourth-order valence-corrected chi connectivity index (χ4v) is 1.12. The van der Waals surface area contributed by atoms with Crippen LogP contribution in [-0.2, 0) is 13.5 Å². The van der Waals surface area contributed by atoms with Crippen molar-refractivity contribution in [2.45, 2.75) is 41.0 Å². The minimum absolute atomic E-state index is 1.04. The number of imidazole rings is 1. The van der Waals surface area contributed by atoms with E-state index in [0.29, 0.717) is 0 Å². The summed E-state index contributed by atoms with van der Waals surface area (Å²) in [6.07, 6.45) is 1.04. The first kappa shape index (κ1) is 11.2. The molecule has 0 spiro atoms. The molecule has 12 heavy (non-hydrogen) atoms. The summed E-state index contributed by atoms with van der Waals surface area (Å²) in [6, 6.07) is 0. The Bertz CT molecular complexity index is 236. The lowest BCUT2D eigenvalue weighted by atomic mass is 10.3. The van der Waals surface area contributed by atoms with Crippen LogP contribution in [0.5, 0.6) is 0 Å². The van der Waals surface area contributed by atoms with E-state index in [2.05, 4.69) is 30.4 Å². The topological polar surface area (TPSA) is 17.8 Å². The van der Waals surface area contributed by atoms with E-state index >= 15 is 0 Å². The number of hydrogen-bond donors (Lipinski definition) is 0. The Labute approximate surface area is 75.6 Å². The largest absolute Gasteiger partial charge is 0.335 e. The van der Waals surface area contributed by atoms with Crippen LogP contribution in [0.4, 0.5) is 0 Å². The number of aryl methyl sites for hydroxylation is 2. The highest BCUT2D eigenvalue weighted by Crippen LogP contribution is 2.07. The Kier molecular flexibility index (Phi) is 4.64. The van der Waals surface area contributed by atoms with Gasteiger partial charge in [0, 0.05) is 12.7 Å². The van der Waals surface area contributed by atoms with Gasteiger partial charge in [0.05, 0.1) is 5.69 Å². The molecule has 1 aromatic heterocycles. The molecule has 2 heteroatoms. The van der Waals surface area contributed by atoms with Crippen molar-refractivity contribution in [1.82, 2.24) is 9.55 Å². The fraction of sp³-hybridized carbons (Fsp3) is 0.700. The highest BCUT2D eigenvalue weighted by molar-refractivity contribution is 5.14. The third kappa shape index (κ3) is 2.10. The average Bonchev–Trinajstić information content (AvgIpc) is 2.36. The Morgan fingerprint density at radius 2 is 1.75 bits per heavy atom. The molecule has 1 rings (SSSR count). The normalized spacial score (nSPS) is 9.17. The monoisotopic (exact) mass is 168 g/mol. The molecule has 70 valence electrons. The average molecular weight is 168 g/mol. The lowest BCUT2D eigenvalue weighted by Crippen LogP contribution is -1.93. The third-order valence-electron chi connectivity index (χ3n) is 2.04. The standard InChI is InChI=1S/C8H14N2.C2H6/c1-5-8-6(2)10(4)7(3)9-8;1-2/h5H2,1-4H3;1-2H3. The predicted octanol–water partition coefficient (Wildman–Crippen LogP) is 2.63. The van der Waals surface area contributed by atoms with E-state index in [1.165, 1.54) is 11.4 Å². The van der Waals surface area contributed by atoms with Crippen LogP contribution in [-0.4, -0.2) is 9.55 Å². The van der Waals surface area contributed by atoms with E-state index in [1.54, 1.807) is 0 Å². The molecule has 0 aliphatic rings. The van der Waals surface area contributed by atoms with Crippen LogP contribution in [0.25, 0.3) is 0 Å². The summed E-state index contributed by atoms with van der Waals surface area (Å²) in [4.78, 5) is 4.39. The quantitative estimate of drug-likeness (QED) is 0.630. The first-order chi connectivity index (χ1) is 5.66. The van der Waals surface area contributed by atoms with E-state index in [0.717, 1.165) is 12.2 Å². The maximum absolute atomic E-state index is 4.39. The van der Waals surface area contributed by atoms with Crippen LogP contribution in [0.1, 0.15) is 38.0 Å². The molecule has 0 saturated heterocycles. The first-order valence-corrected chi connectivity index (χ1v) is 4.65. The van der Waals surface area contributed by atoms with Gasteiger partial charge in [0.15, 0.2) is 0 Å². The minimum Gasteiger partial charge on any atom is -0.335 e. The highest BCUT2D eigenvalue weighted by Gasteiger charge is 2.03. The summed E-state index contributed by atoms with van der Waals surface area (Å²) >= 11 is 0. The molecule has 0 bridgehead atoms. The summed E-state index contributed by atoms with van der Waals surface area (Å²) in [7, 11) is 2.05. The fourth-order valence-electron chi connectivity index (χ4n) is 1.12. The van der Waals surface area contributed by atoms with Crippen molar-refractivity contribution in [3.63, 3.8) is 0 Å². The maximum Gasteiger partial charge on any atom is 0.105 e. The molecule has 0 aromatic carbocycles. The molecule has 2 nitrogen and oxygen atoms in total. The van der Waals surface area contributed by atoms with E-state index in [4.69, 9.17) is 0 Å². The Morgan fingerprint density at radius 3 is 1.92 bits per heavy atom. The van der Waals surface area contributed by atoms with Gasteiger partial charge in [-0.15, -0.1) is 0 Å². The molecule has 0 aliphatic carbocycles. The lowest BCUT2D eigenvalue weighted by Gasteiger charge is -1.96. The molecule has 0 saturated carbocycles. The van der Waals surface area contributed by atoms with Crippen LogP contribution in [0.2, 0.25) is 0 Å². The van der Waals surface area contributed by atoms with Gasteiger partial charge in [-0.05, 0) is 20.3 Å². The van der Waals surface area contributed by atoms with Crippen LogP contribution in [0.15, 0.2) is 0 Å². The van der Waals surface area contributed by atoms with Crippen molar-refractivity contribution >= 4 is 0 Å². The van der Waals surface area contributed by atoms with Crippen molar-refractivity contribution in [3.05, 3.63) is 17.2 Å². The van der Waals surface area contributed by atoms with Gasteiger partial charge in [-0.3, -0.25) is 0 Å². The van der Waals surface area contributed by atoms with Crippen LogP contribution >= 0.6 is 0 Å². The van der Waals surface area contributed by atoms with E-state index < -0.39 is 0 Å². The Morgan fingerprint density at radius 1 is 1.25 bits per heavy atom. The molecule has 0 N–H and O–H groups in total. The van der Waals surface area contributed by atoms with Gasteiger partial charge in [0.2, 0.25) is 0 Å². The molecular formula is C10H20N2. The molecule has 0 amide bonds. The van der Waals surface area contributed by atoms with Gasteiger partial charge in [0.25, 0.3) is 0 Å². The van der Waals surface area contributed by atoms with Crippen molar-refractivity contribution < 1.29 is 0 Å². The smallest absolute Gasteiger partial charge is 0.105 e. The molecule has 1 aromatic rings. The lowest BCUT2D eigenvalue weighted by molar-refractivity contribution is 0.826. The number of nitrogens with zero attached hydrogens (tertiary/aromatic N) is 2. The van der Waals surface area contributed by atoms with Gasteiger partial charge >= 0.3 is 0 Å². The summed E-state index contributed by atoms with van der Waals surface area (Å²) in [5.74, 6) is 1.11. The van der Waals surface area contributed by atoms with Gasteiger partial charge in [-0.2, -0.15) is 0 Å². The van der Waals surface area contributed by atoms with E-state index in [-0.39, 0.29) is 0 Å². The number of rotatable bonds is 1. The Balaban J connectivity index is 0.000000561. The van der Waals surface area contributed by atoms with Gasteiger partial charge in [0.1, 0.15) is 5.82 Å². The minimum atomic E-state index is 1.04. The zero-order valence-electron chi connectivity index (χ0n) is 9.10. The van der Waals surface area contributed by atoms with Crippen molar-refractivity contribution in [2.24, 2.45) is 7.05 Å². The zero-order valence-corrected chi connectivity index (χ0v) is 9.10. The zero-order chi connectivity index (χ0) is 9.72. The molecule has 0 aliphatic heterocycles. The van der Waals surface area contributed by atoms with Crippen molar-refractivity contribution in [1.29, 1.82) is 0 Å². The predicted molar refractivity (Wildman–Crippen MR) is 53.4 cm³/mol. The highest BCUT2D eigenvalue weighted by atomic mass is 15.1. The molecular weight excluding hydrogens is 148 g/mol. The second kappa shape index (κ2) is 4.96. The Hall–Kier alpha value is -0.790. The van der Waals surface area contributed by atoms with E-state index in [9.17, 15) is 0 Å². The van der Waals surface area contributed by atoms with Gasteiger partial charge in [-0.1, -0.05) is 20.8 Å². The second-order valence-electron chi connectivity index (χ2n) is 2.60. The van der Waals surface area contributed by atoms with Gasteiger partial charge < -0.3 is 4.57 Å². The van der Waals surface area contributed by atoms with Crippen LogP contribution in [0, 0.1) is 13.8 Å². The van der Waals surface area contributed by atoms with Crippen LogP contribution < -0.4 is 0 Å². The summed E-state index contributed by atoms with van der Waals surface area (Å²) in [6.45, 7) is 10.3. The third-order valence-corrected chi connectivity index (χ3v) is 2.04. The summed E-state index contributed by atoms with van der Waals surface area (Å²) < 4.78 is 2.12. The van der Waals surface area contributed by atoms with Gasteiger partial charge in [-0.25, -0.2) is 4.98 Å². The summed E-state index contributed by atoms with van der Waals surface area (Å²) in [5.41, 5.74) is 2.51. The summed E-state index contributed by atoms with van der Waals surface area (Å²) in [5, 5.41) is 0.